The maximum atomic E-state index is 11.8. The second-order valence-corrected chi connectivity index (χ2v) is 5.42. The first-order valence-electron chi connectivity index (χ1n) is 4.54. The molecular weight excluding hydrogens is 248 g/mol. The number of halogens is 1. The Kier molecular flexibility index (Phi) is 3.96. The minimum Gasteiger partial charge on any atom is -0.398 e. The zero-order valence-electron chi connectivity index (χ0n) is 8.83. The van der Waals surface area contributed by atoms with E-state index in [1.807, 2.05) is 0 Å². The molecule has 4 nitrogen and oxygen atoms in total. The van der Waals surface area contributed by atoms with E-state index in [-0.39, 0.29) is 16.5 Å². The van der Waals surface area contributed by atoms with Crippen molar-refractivity contribution in [3.63, 3.8) is 0 Å². The Morgan fingerprint density at radius 3 is 2.75 bits per heavy atom. The highest BCUT2D eigenvalue weighted by atomic mass is 35.5. The van der Waals surface area contributed by atoms with E-state index in [9.17, 15) is 8.42 Å². The number of hydrogen-bond donors (Lipinski definition) is 2. The highest BCUT2D eigenvalue weighted by Crippen LogP contribution is 2.26. The Morgan fingerprint density at radius 2 is 2.19 bits per heavy atom. The second kappa shape index (κ2) is 4.86. The summed E-state index contributed by atoms with van der Waals surface area (Å²) in [5, 5.41) is 0.156. The van der Waals surface area contributed by atoms with Gasteiger partial charge in [-0.1, -0.05) is 17.7 Å². The molecule has 3 N–H and O–H groups in total. The molecule has 0 amide bonds. The molecule has 88 valence electrons. The number of aryl methyl sites for hydroxylation is 1. The van der Waals surface area contributed by atoms with Crippen LogP contribution in [-0.4, -0.2) is 15.0 Å². The highest BCUT2D eigenvalue weighted by Gasteiger charge is 2.18. The molecule has 0 saturated carbocycles. The molecule has 0 aliphatic heterocycles. The maximum Gasteiger partial charge on any atom is 0.242 e. The van der Waals surface area contributed by atoms with Crippen LogP contribution >= 0.6 is 11.6 Å². The molecule has 0 atom stereocenters. The standard InChI is InChI=1S/C10H13ClN2O2S/c1-3-4-13-16(14,15)10-6-9(12)7(2)5-8(10)11/h3,5-6,13H,1,4,12H2,2H3. The average Bonchev–Trinajstić information content (AvgIpc) is 2.20. The number of nitrogens with one attached hydrogen (secondary N) is 1. The van der Waals surface area contributed by atoms with E-state index in [1.54, 1.807) is 6.92 Å². The smallest absolute Gasteiger partial charge is 0.242 e. The highest BCUT2D eigenvalue weighted by molar-refractivity contribution is 7.89. The van der Waals surface area contributed by atoms with Gasteiger partial charge in [-0.05, 0) is 24.6 Å². The SMILES string of the molecule is C=CCNS(=O)(=O)c1cc(N)c(C)cc1Cl. The molecule has 0 radical (unpaired) electrons. The van der Waals surface area contributed by atoms with Crippen molar-refractivity contribution in [2.45, 2.75) is 11.8 Å². The van der Waals surface area contributed by atoms with Gasteiger partial charge in [-0.2, -0.15) is 0 Å². The van der Waals surface area contributed by atoms with Crippen molar-refractivity contribution in [1.82, 2.24) is 4.72 Å². The summed E-state index contributed by atoms with van der Waals surface area (Å²) in [5.41, 5.74) is 6.78. The lowest BCUT2D eigenvalue weighted by Gasteiger charge is -2.09. The van der Waals surface area contributed by atoms with E-state index in [0.29, 0.717) is 5.69 Å². The fraction of sp³-hybridized carbons (Fsp3) is 0.200. The predicted octanol–water partition coefficient (Wildman–Crippen LogP) is 1.69. The van der Waals surface area contributed by atoms with Gasteiger partial charge in [0.2, 0.25) is 10.0 Å². The summed E-state index contributed by atoms with van der Waals surface area (Å²) in [6.45, 7) is 5.33. The first-order chi connectivity index (χ1) is 7.38. The quantitative estimate of drug-likeness (QED) is 0.639. The van der Waals surface area contributed by atoms with Crippen molar-refractivity contribution in [3.8, 4) is 0 Å². The third kappa shape index (κ3) is 2.75. The fourth-order valence-electron chi connectivity index (χ4n) is 1.12. The van der Waals surface area contributed by atoms with Gasteiger partial charge in [-0.15, -0.1) is 6.58 Å². The third-order valence-electron chi connectivity index (χ3n) is 2.03. The summed E-state index contributed by atoms with van der Waals surface area (Å²) in [6, 6.07) is 2.88. The van der Waals surface area contributed by atoms with Gasteiger partial charge in [0.05, 0.1) is 5.02 Å². The van der Waals surface area contributed by atoms with Gasteiger partial charge < -0.3 is 5.73 Å². The summed E-state index contributed by atoms with van der Waals surface area (Å²) in [7, 11) is -3.63. The van der Waals surface area contributed by atoms with Crippen LogP contribution in [0.5, 0.6) is 0 Å². The number of nitrogens with two attached hydrogens (primary N) is 1. The Bertz CT molecular complexity index is 512. The Balaban J connectivity index is 3.23. The van der Waals surface area contributed by atoms with E-state index in [2.05, 4.69) is 11.3 Å². The van der Waals surface area contributed by atoms with Crippen LogP contribution in [0.15, 0.2) is 29.7 Å². The van der Waals surface area contributed by atoms with E-state index in [1.165, 1.54) is 18.2 Å². The molecule has 0 bridgehead atoms. The van der Waals surface area contributed by atoms with Gasteiger partial charge >= 0.3 is 0 Å². The number of hydrogen-bond acceptors (Lipinski definition) is 3. The minimum atomic E-state index is -3.63. The predicted molar refractivity (Wildman–Crippen MR) is 66.0 cm³/mol. The molecule has 0 saturated heterocycles. The molecule has 6 heteroatoms. The molecule has 0 fully saturated rings. The number of nitrogen functional groups attached to an aromatic ring is 1. The fourth-order valence-corrected chi connectivity index (χ4v) is 2.73. The molecule has 0 aliphatic rings. The Hall–Kier alpha value is -1.04. The van der Waals surface area contributed by atoms with Crippen LogP contribution in [-0.2, 0) is 10.0 Å². The summed E-state index contributed by atoms with van der Waals surface area (Å²) >= 11 is 5.86. The molecule has 1 aromatic carbocycles. The van der Waals surface area contributed by atoms with Gasteiger partial charge in [0, 0.05) is 12.2 Å². The molecule has 0 unspecified atom stereocenters. The van der Waals surface area contributed by atoms with Gasteiger partial charge in [-0.3, -0.25) is 0 Å². The van der Waals surface area contributed by atoms with Crippen LogP contribution < -0.4 is 10.5 Å². The van der Waals surface area contributed by atoms with Crippen molar-refractivity contribution in [2.24, 2.45) is 0 Å². The number of rotatable bonds is 4. The normalized spacial score (nSPS) is 11.4. The lowest BCUT2D eigenvalue weighted by Crippen LogP contribution is -2.24. The van der Waals surface area contributed by atoms with Crippen LogP contribution in [0.2, 0.25) is 5.02 Å². The molecule has 16 heavy (non-hydrogen) atoms. The van der Waals surface area contributed by atoms with Crippen LogP contribution in [0.3, 0.4) is 0 Å². The van der Waals surface area contributed by atoms with Crippen molar-refractivity contribution < 1.29 is 8.42 Å². The van der Waals surface area contributed by atoms with Crippen molar-refractivity contribution in [1.29, 1.82) is 0 Å². The van der Waals surface area contributed by atoms with Crippen molar-refractivity contribution in [2.75, 3.05) is 12.3 Å². The Morgan fingerprint density at radius 1 is 1.56 bits per heavy atom. The summed E-state index contributed by atoms with van der Waals surface area (Å²) in [4.78, 5) is -0.0147. The first kappa shape index (κ1) is 13.0. The second-order valence-electron chi connectivity index (χ2n) is 3.28. The first-order valence-corrected chi connectivity index (χ1v) is 6.41. The molecular formula is C10H13ClN2O2S. The molecule has 1 aromatic rings. The summed E-state index contributed by atoms with van der Waals surface area (Å²) < 4.78 is 25.9. The lowest BCUT2D eigenvalue weighted by atomic mass is 10.2. The summed E-state index contributed by atoms with van der Waals surface area (Å²) in [5.74, 6) is 0. The molecule has 0 aromatic heterocycles. The lowest BCUT2D eigenvalue weighted by molar-refractivity contribution is 0.585. The minimum absolute atomic E-state index is 0.0147. The average molecular weight is 261 g/mol. The van der Waals surface area contributed by atoms with Crippen LogP contribution in [0.4, 0.5) is 5.69 Å². The van der Waals surface area contributed by atoms with E-state index in [0.717, 1.165) is 5.56 Å². The third-order valence-corrected chi connectivity index (χ3v) is 3.92. The van der Waals surface area contributed by atoms with Crippen molar-refractivity contribution in [3.05, 3.63) is 35.4 Å². The molecule has 0 aliphatic carbocycles. The van der Waals surface area contributed by atoms with Crippen molar-refractivity contribution >= 4 is 27.3 Å². The van der Waals surface area contributed by atoms with Gasteiger partial charge in [0.15, 0.2) is 0 Å². The van der Waals surface area contributed by atoms with E-state index < -0.39 is 10.0 Å². The van der Waals surface area contributed by atoms with Crippen LogP contribution in [0, 0.1) is 6.92 Å². The van der Waals surface area contributed by atoms with Gasteiger partial charge in [-0.25, -0.2) is 13.1 Å². The topological polar surface area (TPSA) is 72.2 Å². The van der Waals surface area contributed by atoms with Crippen LogP contribution in [0.25, 0.3) is 0 Å². The maximum absolute atomic E-state index is 11.8. The number of benzene rings is 1. The van der Waals surface area contributed by atoms with Gasteiger partial charge in [0.25, 0.3) is 0 Å². The Labute approximate surface area is 100 Å². The van der Waals surface area contributed by atoms with Gasteiger partial charge in [0.1, 0.15) is 4.90 Å². The molecule has 0 spiro atoms. The zero-order valence-corrected chi connectivity index (χ0v) is 10.4. The monoisotopic (exact) mass is 260 g/mol. The number of anilines is 1. The summed E-state index contributed by atoms with van der Waals surface area (Å²) in [6.07, 6.45) is 1.45. The molecule has 0 heterocycles. The molecule has 1 rings (SSSR count). The van der Waals surface area contributed by atoms with E-state index in [4.69, 9.17) is 17.3 Å². The largest absolute Gasteiger partial charge is 0.398 e. The number of sulfonamides is 1. The van der Waals surface area contributed by atoms with E-state index >= 15 is 0 Å². The zero-order chi connectivity index (χ0) is 12.3. The van der Waals surface area contributed by atoms with Crippen LogP contribution in [0.1, 0.15) is 5.56 Å².